The van der Waals surface area contributed by atoms with E-state index in [9.17, 15) is 4.79 Å². The van der Waals surface area contributed by atoms with Gasteiger partial charge in [-0.3, -0.25) is 9.89 Å². The standard InChI is InChI=1S/C15H24N4O2/c1-11-4-5-13(21-11)6-7-14(20)19-8-2-3-12(9-19)15-16-10-17-18-15/h10-13H,2-9H2,1H3,(H,16,17,18). The van der Waals surface area contributed by atoms with Crippen LogP contribution in [0.4, 0.5) is 0 Å². The first kappa shape index (κ1) is 14.5. The third kappa shape index (κ3) is 3.61. The van der Waals surface area contributed by atoms with Crippen LogP contribution >= 0.6 is 0 Å². The predicted octanol–water partition coefficient (Wildman–Crippen LogP) is 1.86. The van der Waals surface area contributed by atoms with E-state index in [-0.39, 0.29) is 12.0 Å². The largest absolute Gasteiger partial charge is 0.375 e. The number of carbonyl (C=O) groups excluding carboxylic acids is 1. The van der Waals surface area contributed by atoms with Crippen molar-refractivity contribution in [1.29, 1.82) is 0 Å². The second-order valence-electron chi connectivity index (χ2n) is 6.23. The van der Waals surface area contributed by atoms with Crippen LogP contribution in [0.25, 0.3) is 0 Å². The lowest BCUT2D eigenvalue weighted by Crippen LogP contribution is -2.39. The van der Waals surface area contributed by atoms with Crippen molar-refractivity contribution in [2.45, 2.75) is 63.6 Å². The molecular weight excluding hydrogens is 268 g/mol. The topological polar surface area (TPSA) is 71.1 Å². The molecule has 1 aromatic rings. The van der Waals surface area contributed by atoms with Crippen LogP contribution in [-0.2, 0) is 9.53 Å². The highest BCUT2D eigenvalue weighted by molar-refractivity contribution is 5.76. The molecule has 0 bridgehead atoms. The van der Waals surface area contributed by atoms with Gasteiger partial charge in [-0.05, 0) is 39.0 Å². The lowest BCUT2D eigenvalue weighted by Gasteiger charge is -2.32. The van der Waals surface area contributed by atoms with Crippen molar-refractivity contribution in [3.05, 3.63) is 12.2 Å². The molecule has 1 aromatic heterocycles. The molecular formula is C15H24N4O2. The van der Waals surface area contributed by atoms with Gasteiger partial charge in [0.15, 0.2) is 0 Å². The minimum atomic E-state index is 0.252. The van der Waals surface area contributed by atoms with E-state index in [1.807, 2.05) is 4.90 Å². The van der Waals surface area contributed by atoms with Crippen LogP contribution in [0.15, 0.2) is 6.33 Å². The summed E-state index contributed by atoms with van der Waals surface area (Å²) in [6.45, 7) is 3.73. The molecule has 3 atom stereocenters. The third-order valence-corrected chi connectivity index (χ3v) is 4.59. The molecule has 0 saturated carbocycles. The summed E-state index contributed by atoms with van der Waals surface area (Å²) in [5, 5.41) is 6.84. The van der Waals surface area contributed by atoms with E-state index in [1.165, 1.54) is 6.33 Å². The number of hydrogen-bond donors (Lipinski definition) is 1. The number of nitrogens with zero attached hydrogens (tertiary/aromatic N) is 3. The normalized spacial score (nSPS) is 29.8. The lowest BCUT2D eigenvalue weighted by molar-refractivity contribution is -0.133. The number of hydrogen-bond acceptors (Lipinski definition) is 4. The van der Waals surface area contributed by atoms with Gasteiger partial charge in [-0.1, -0.05) is 0 Å². The van der Waals surface area contributed by atoms with Crippen LogP contribution in [-0.4, -0.2) is 51.3 Å². The number of carbonyl (C=O) groups is 1. The molecule has 1 amide bonds. The smallest absolute Gasteiger partial charge is 0.222 e. The molecule has 3 unspecified atom stereocenters. The fourth-order valence-corrected chi connectivity index (χ4v) is 3.38. The van der Waals surface area contributed by atoms with E-state index in [0.29, 0.717) is 18.4 Å². The summed E-state index contributed by atoms with van der Waals surface area (Å²) in [5.74, 6) is 1.45. The summed E-state index contributed by atoms with van der Waals surface area (Å²) >= 11 is 0. The van der Waals surface area contributed by atoms with Crippen molar-refractivity contribution in [2.24, 2.45) is 0 Å². The van der Waals surface area contributed by atoms with E-state index >= 15 is 0 Å². The van der Waals surface area contributed by atoms with Gasteiger partial charge >= 0.3 is 0 Å². The van der Waals surface area contributed by atoms with Crippen molar-refractivity contribution in [1.82, 2.24) is 20.1 Å². The Hall–Kier alpha value is -1.43. The second kappa shape index (κ2) is 6.56. The number of nitrogens with one attached hydrogen (secondary N) is 1. The Morgan fingerprint density at radius 1 is 1.48 bits per heavy atom. The van der Waals surface area contributed by atoms with Crippen molar-refractivity contribution < 1.29 is 9.53 Å². The number of aromatic amines is 1. The maximum absolute atomic E-state index is 12.4. The number of rotatable bonds is 4. The van der Waals surface area contributed by atoms with Gasteiger partial charge in [0.2, 0.25) is 5.91 Å². The molecule has 0 spiro atoms. The monoisotopic (exact) mass is 292 g/mol. The fraction of sp³-hybridized carbons (Fsp3) is 0.800. The predicted molar refractivity (Wildman–Crippen MR) is 77.7 cm³/mol. The third-order valence-electron chi connectivity index (χ3n) is 4.59. The molecule has 0 radical (unpaired) electrons. The highest BCUT2D eigenvalue weighted by Crippen LogP contribution is 2.26. The molecule has 2 saturated heterocycles. The maximum atomic E-state index is 12.4. The highest BCUT2D eigenvalue weighted by Gasteiger charge is 2.28. The van der Waals surface area contributed by atoms with Crippen LogP contribution in [0, 0.1) is 0 Å². The van der Waals surface area contributed by atoms with Crippen LogP contribution in [0.2, 0.25) is 0 Å². The summed E-state index contributed by atoms with van der Waals surface area (Å²) in [6.07, 6.45) is 7.94. The number of likely N-dealkylation sites (tertiary alicyclic amines) is 1. The SMILES string of the molecule is CC1CCC(CCC(=O)N2CCCC(c3ncn[nH]3)C2)O1. The van der Waals surface area contributed by atoms with Gasteiger partial charge in [0.05, 0.1) is 12.2 Å². The Morgan fingerprint density at radius 3 is 3.10 bits per heavy atom. The van der Waals surface area contributed by atoms with Gasteiger partial charge in [-0.25, -0.2) is 4.98 Å². The maximum Gasteiger partial charge on any atom is 0.222 e. The number of amides is 1. The summed E-state index contributed by atoms with van der Waals surface area (Å²) in [4.78, 5) is 18.6. The number of H-pyrrole nitrogens is 1. The first-order valence-electron chi connectivity index (χ1n) is 8.01. The number of ether oxygens (including phenoxy) is 1. The van der Waals surface area contributed by atoms with Crippen molar-refractivity contribution in [3.8, 4) is 0 Å². The Labute approximate surface area is 125 Å². The molecule has 6 heteroatoms. The van der Waals surface area contributed by atoms with Crippen LogP contribution in [0.3, 0.4) is 0 Å². The van der Waals surface area contributed by atoms with E-state index in [2.05, 4.69) is 22.1 Å². The van der Waals surface area contributed by atoms with Crippen LogP contribution in [0.5, 0.6) is 0 Å². The average Bonchev–Trinajstić information content (AvgIpc) is 3.16. The average molecular weight is 292 g/mol. The highest BCUT2D eigenvalue weighted by atomic mass is 16.5. The van der Waals surface area contributed by atoms with Crippen molar-refractivity contribution >= 4 is 5.91 Å². The van der Waals surface area contributed by atoms with Crippen molar-refractivity contribution in [2.75, 3.05) is 13.1 Å². The molecule has 6 nitrogen and oxygen atoms in total. The molecule has 3 rings (SSSR count). The summed E-state index contributed by atoms with van der Waals surface area (Å²) < 4.78 is 5.79. The number of aromatic nitrogens is 3. The van der Waals surface area contributed by atoms with Crippen LogP contribution < -0.4 is 0 Å². The van der Waals surface area contributed by atoms with Crippen molar-refractivity contribution in [3.63, 3.8) is 0 Å². The van der Waals surface area contributed by atoms with Crippen LogP contribution in [0.1, 0.15) is 57.2 Å². The van der Waals surface area contributed by atoms with Gasteiger partial charge in [-0.2, -0.15) is 5.10 Å². The molecule has 2 fully saturated rings. The van der Waals surface area contributed by atoms with E-state index in [0.717, 1.165) is 51.0 Å². The molecule has 0 aromatic carbocycles. The van der Waals surface area contributed by atoms with Gasteiger partial charge < -0.3 is 9.64 Å². The molecule has 116 valence electrons. The summed E-state index contributed by atoms with van der Waals surface area (Å²) in [5.41, 5.74) is 0. The van der Waals surface area contributed by atoms with Gasteiger partial charge in [-0.15, -0.1) is 0 Å². The molecule has 2 aliphatic heterocycles. The lowest BCUT2D eigenvalue weighted by atomic mass is 9.97. The zero-order chi connectivity index (χ0) is 14.7. The molecule has 21 heavy (non-hydrogen) atoms. The molecule has 3 heterocycles. The quantitative estimate of drug-likeness (QED) is 0.919. The zero-order valence-corrected chi connectivity index (χ0v) is 12.6. The minimum absolute atomic E-state index is 0.252. The minimum Gasteiger partial charge on any atom is -0.375 e. The van der Waals surface area contributed by atoms with E-state index in [4.69, 9.17) is 4.74 Å². The Bertz CT molecular complexity index is 462. The van der Waals surface area contributed by atoms with Gasteiger partial charge in [0.1, 0.15) is 12.2 Å². The molecule has 1 N–H and O–H groups in total. The summed E-state index contributed by atoms with van der Waals surface area (Å²) in [7, 11) is 0. The van der Waals surface area contributed by atoms with Gasteiger partial charge in [0, 0.05) is 25.4 Å². The first-order chi connectivity index (χ1) is 10.2. The molecule has 2 aliphatic rings. The number of piperidine rings is 1. The molecule has 0 aliphatic carbocycles. The van der Waals surface area contributed by atoms with E-state index < -0.39 is 0 Å². The van der Waals surface area contributed by atoms with E-state index in [1.54, 1.807) is 0 Å². The second-order valence-corrected chi connectivity index (χ2v) is 6.23. The zero-order valence-electron chi connectivity index (χ0n) is 12.6. The summed E-state index contributed by atoms with van der Waals surface area (Å²) in [6, 6.07) is 0. The Kier molecular flexibility index (Phi) is 4.53. The first-order valence-corrected chi connectivity index (χ1v) is 8.01. The van der Waals surface area contributed by atoms with Gasteiger partial charge in [0.25, 0.3) is 0 Å². The Balaban J connectivity index is 1.48. The fourth-order valence-electron chi connectivity index (χ4n) is 3.38. The Morgan fingerprint density at radius 2 is 2.38 bits per heavy atom.